The average Bonchev–Trinajstić information content (AvgIpc) is 3.31. The first-order valence-corrected chi connectivity index (χ1v) is 10.2. The normalized spacial score (nSPS) is 12.6. The molecule has 37 heavy (non-hydrogen) atoms. The van der Waals surface area contributed by atoms with Crippen LogP contribution in [-0.2, 0) is 12.1 Å². The number of nitrogens with one attached hydrogen (secondary N) is 1. The number of benzene rings is 2. The fourth-order valence-corrected chi connectivity index (χ4v) is 3.21. The van der Waals surface area contributed by atoms with Crippen LogP contribution in [-0.4, -0.2) is 31.1 Å². The Bertz CT molecular complexity index is 1500. The van der Waals surface area contributed by atoms with Gasteiger partial charge in [0.25, 0.3) is 5.56 Å². The highest BCUT2D eigenvalue weighted by Gasteiger charge is 2.62. The number of ether oxygens (including phenoxy) is 1. The molecule has 194 valence electrons. The highest BCUT2D eigenvalue weighted by atomic mass is 35.5. The topological polar surface area (TPSA) is 85.7 Å². The second-order valence-electron chi connectivity index (χ2n) is 7.26. The van der Waals surface area contributed by atoms with Crippen LogP contribution < -0.4 is 10.3 Å². The van der Waals surface area contributed by atoms with E-state index in [1.165, 1.54) is 0 Å². The molecule has 0 aliphatic heterocycles. The minimum atomic E-state index is -6.25. The molecule has 0 radical (unpaired) electrons. The van der Waals surface area contributed by atoms with Gasteiger partial charge in [-0.25, -0.2) is 4.98 Å². The number of rotatable bonds is 5. The standard InChI is InChI=1S/C21H10ClF8N5O2/c22-13-7-6-11(8-12(13)20(25,26)27)37-15-16(19(23,24)21(28,29)30)32-17(33-18(15)36)14-9-31-35(34-14)10-4-2-1-3-5-10/h1-9H,(H,32,33,36). The van der Waals surface area contributed by atoms with Crippen LogP contribution in [0.2, 0.25) is 5.02 Å². The molecule has 0 saturated carbocycles. The molecule has 2 heterocycles. The van der Waals surface area contributed by atoms with Crippen LogP contribution in [0.15, 0.2) is 59.5 Å². The highest BCUT2D eigenvalue weighted by molar-refractivity contribution is 6.31. The first kappa shape index (κ1) is 26.1. The Balaban J connectivity index is 1.85. The summed E-state index contributed by atoms with van der Waals surface area (Å²) < 4.78 is 113. The van der Waals surface area contributed by atoms with Crippen molar-refractivity contribution in [1.29, 1.82) is 0 Å². The van der Waals surface area contributed by atoms with Crippen molar-refractivity contribution in [2.75, 3.05) is 0 Å². The summed E-state index contributed by atoms with van der Waals surface area (Å²) in [6.07, 6.45) is -10.3. The Hall–Kier alpha value is -4.01. The van der Waals surface area contributed by atoms with Crippen molar-refractivity contribution in [3.05, 3.63) is 81.4 Å². The van der Waals surface area contributed by atoms with E-state index in [1.807, 2.05) is 4.98 Å². The summed E-state index contributed by atoms with van der Waals surface area (Å²) in [5.41, 5.74) is -5.33. The van der Waals surface area contributed by atoms with Crippen LogP contribution in [0.25, 0.3) is 17.2 Å². The lowest BCUT2D eigenvalue weighted by Crippen LogP contribution is -2.36. The van der Waals surface area contributed by atoms with Gasteiger partial charge in [0.2, 0.25) is 5.75 Å². The number of hydrogen-bond donors (Lipinski definition) is 1. The van der Waals surface area contributed by atoms with E-state index in [2.05, 4.69) is 15.2 Å². The average molecular weight is 552 g/mol. The molecule has 0 atom stereocenters. The van der Waals surface area contributed by atoms with Gasteiger partial charge in [-0.1, -0.05) is 29.8 Å². The number of H-pyrrole nitrogens is 1. The summed E-state index contributed by atoms with van der Waals surface area (Å²) in [6.45, 7) is 0. The third-order valence-corrected chi connectivity index (χ3v) is 5.04. The lowest BCUT2D eigenvalue weighted by molar-refractivity contribution is -0.291. The van der Waals surface area contributed by atoms with Crippen molar-refractivity contribution in [2.24, 2.45) is 0 Å². The van der Waals surface area contributed by atoms with E-state index >= 15 is 0 Å². The molecular weight excluding hydrogens is 542 g/mol. The fourth-order valence-electron chi connectivity index (χ4n) is 2.99. The van der Waals surface area contributed by atoms with Gasteiger partial charge >= 0.3 is 18.3 Å². The molecule has 4 aromatic rings. The SMILES string of the molecule is O=c1[nH]c(-c2cnn(-c3ccccc3)n2)nc(C(F)(F)C(F)(F)F)c1Oc1ccc(Cl)c(C(F)(F)F)c1. The van der Waals surface area contributed by atoms with Gasteiger partial charge in [-0.05, 0) is 30.3 Å². The van der Waals surface area contributed by atoms with E-state index < -0.39 is 63.1 Å². The molecular formula is C21H10ClF8N5O2. The van der Waals surface area contributed by atoms with Crippen molar-refractivity contribution < 1.29 is 39.9 Å². The van der Waals surface area contributed by atoms with Crippen molar-refractivity contribution in [3.8, 4) is 28.7 Å². The van der Waals surface area contributed by atoms with E-state index in [0.29, 0.717) is 11.8 Å². The molecule has 16 heteroatoms. The van der Waals surface area contributed by atoms with Crippen LogP contribution in [0.3, 0.4) is 0 Å². The highest BCUT2D eigenvalue weighted by Crippen LogP contribution is 2.46. The Morgan fingerprint density at radius 1 is 0.946 bits per heavy atom. The van der Waals surface area contributed by atoms with Crippen molar-refractivity contribution in [3.63, 3.8) is 0 Å². The summed E-state index contributed by atoms with van der Waals surface area (Å²) in [5.74, 6) is -9.16. The fraction of sp³-hybridized carbons (Fsp3) is 0.143. The quantitative estimate of drug-likeness (QED) is 0.301. The van der Waals surface area contributed by atoms with E-state index in [-0.39, 0.29) is 6.07 Å². The van der Waals surface area contributed by atoms with Gasteiger partial charge < -0.3 is 9.72 Å². The summed E-state index contributed by atoms with van der Waals surface area (Å²) in [6, 6.07) is 9.67. The van der Waals surface area contributed by atoms with E-state index in [0.717, 1.165) is 17.1 Å². The Kier molecular flexibility index (Phi) is 6.44. The monoisotopic (exact) mass is 551 g/mol. The van der Waals surface area contributed by atoms with E-state index in [9.17, 15) is 39.9 Å². The number of halogens is 9. The summed E-state index contributed by atoms with van der Waals surface area (Å²) in [4.78, 5) is 18.8. The molecule has 4 rings (SSSR count). The van der Waals surface area contributed by atoms with Gasteiger partial charge in [0.05, 0.1) is 22.5 Å². The first-order chi connectivity index (χ1) is 17.2. The molecule has 0 spiro atoms. The summed E-state index contributed by atoms with van der Waals surface area (Å²) >= 11 is 5.47. The van der Waals surface area contributed by atoms with Gasteiger partial charge in [0, 0.05) is 0 Å². The molecule has 2 aromatic heterocycles. The predicted molar refractivity (Wildman–Crippen MR) is 112 cm³/mol. The third-order valence-electron chi connectivity index (χ3n) is 4.72. The van der Waals surface area contributed by atoms with Crippen LogP contribution >= 0.6 is 11.6 Å². The van der Waals surface area contributed by atoms with E-state index in [4.69, 9.17) is 16.3 Å². The number of nitrogens with zero attached hydrogens (tertiary/aromatic N) is 4. The maximum absolute atomic E-state index is 14.4. The Morgan fingerprint density at radius 2 is 1.62 bits per heavy atom. The van der Waals surface area contributed by atoms with Crippen LogP contribution in [0, 0.1) is 0 Å². The molecule has 7 nitrogen and oxygen atoms in total. The second-order valence-corrected chi connectivity index (χ2v) is 7.67. The third kappa shape index (κ3) is 5.12. The largest absolute Gasteiger partial charge is 0.459 e. The lowest BCUT2D eigenvalue weighted by atomic mass is 10.2. The zero-order valence-corrected chi connectivity index (χ0v) is 18.5. The smallest absolute Gasteiger partial charge is 0.449 e. The van der Waals surface area contributed by atoms with Gasteiger partial charge in [0.1, 0.15) is 11.4 Å². The molecule has 0 aliphatic rings. The molecule has 0 unspecified atom stereocenters. The predicted octanol–water partition coefficient (Wildman–Crippen LogP) is 6.14. The molecule has 0 bridgehead atoms. The summed E-state index contributed by atoms with van der Waals surface area (Å²) in [5, 5.41) is 6.95. The number of para-hydroxylation sites is 1. The van der Waals surface area contributed by atoms with E-state index in [1.54, 1.807) is 30.3 Å². The number of aromatic nitrogens is 5. The molecule has 0 saturated heterocycles. The number of aromatic amines is 1. The Labute approximate surface area is 205 Å². The van der Waals surface area contributed by atoms with Crippen molar-refractivity contribution >= 4 is 11.6 Å². The number of alkyl halides is 8. The molecule has 2 aromatic carbocycles. The second kappa shape index (κ2) is 9.14. The molecule has 0 fully saturated rings. The minimum Gasteiger partial charge on any atom is -0.449 e. The minimum absolute atomic E-state index is 0.233. The molecule has 1 N–H and O–H groups in total. The van der Waals surface area contributed by atoms with Crippen LogP contribution in [0.1, 0.15) is 11.3 Å². The number of hydrogen-bond acceptors (Lipinski definition) is 5. The zero-order chi connectivity index (χ0) is 27.2. The van der Waals surface area contributed by atoms with Gasteiger partial charge in [-0.2, -0.15) is 45.0 Å². The van der Waals surface area contributed by atoms with Gasteiger partial charge in [-0.15, -0.1) is 5.10 Å². The first-order valence-electron chi connectivity index (χ1n) is 9.80. The molecule has 0 aliphatic carbocycles. The zero-order valence-electron chi connectivity index (χ0n) is 17.7. The van der Waals surface area contributed by atoms with Gasteiger partial charge in [-0.3, -0.25) is 4.79 Å². The molecule has 0 amide bonds. The van der Waals surface area contributed by atoms with Crippen LogP contribution in [0.4, 0.5) is 35.1 Å². The summed E-state index contributed by atoms with van der Waals surface area (Å²) in [7, 11) is 0. The Morgan fingerprint density at radius 3 is 2.24 bits per heavy atom. The maximum Gasteiger partial charge on any atom is 0.459 e. The lowest BCUT2D eigenvalue weighted by Gasteiger charge is -2.21. The van der Waals surface area contributed by atoms with Crippen molar-refractivity contribution in [1.82, 2.24) is 25.0 Å². The van der Waals surface area contributed by atoms with Crippen molar-refractivity contribution in [2.45, 2.75) is 18.3 Å². The van der Waals surface area contributed by atoms with Crippen LogP contribution in [0.5, 0.6) is 11.5 Å². The maximum atomic E-state index is 14.4. The van der Waals surface area contributed by atoms with Gasteiger partial charge in [0.15, 0.2) is 11.5 Å².